The van der Waals surface area contributed by atoms with Crippen LogP contribution in [0.3, 0.4) is 0 Å². The molecule has 5 nitrogen and oxygen atoms in total. The molecular formula is C43H75NO4S. The maximum atomic E-state index is 12.1. The zero-order valence-electron chi connectivity index (χ0n) is 31.9. The Morgan fingerprint density at radius 2 is 0.816 bits per heavy atom. The van der Waals surface area contributed by atoms with Crippen LogP contribution in [0.1, 0.15) is 181 Å². The quantitative estimate of drug-likeness (QED) is 0.0278. The Bertz CT molecular complexity index is 800. The maximum Gasteiger partial charge on any atom is 0.305 e. The van der Waals surface area contributed by atoms with E-state index >= 15 is 0 Å². The molecule has 0 unspecified atom stereocenters. The Balaban J connectivity index is 3.56. The van der Waals surface area contributed by atoms with Gasteiger partial charge >= 0.3 is 11.9 Å². The Hall–Kier alpha value is -2.21. The highest BCUT2D eigenvalue weighted by Crippen LogP contribution is 2.10. The topological polar surface area (TPSA) is 55.8 Å². The van der Waals surface area contributed by atoms with Gasteiger partial charge in [0.1, 0.15) is 0 Å². The number of carbonyl (C=O) groups is 2. The third-order valence-electron chi connectivity index (χ3n) is 8.52. The van der Waals surface area contributed by atoms with Crippen LogP contribution in [0.2, 0.25) is 0 Å². The van der Waals surface area contributed by atoms with E-state index in [9.17, 15) is 9.59 Å². The van der Waals surface area contributed by atoms with Gasteiger partial charge in [-0.3, -0.25) is 9.59 Å². The van der Waals surface area contributed by atoms with Crippen molar-refractivity contribution in [1.29, 1.82) is 0 Å². The fourth-order valence-corrected chi connectivity index (χ4v) is 5.64. The summed E-state index contributed by atoms with van der Waals surface area (Å²) in [5, 5.41) is 0. The molecule has 0 spiro atoms. The van der Waals surface area contributed by atoms with E-state index in [-0.39, 0.29) is 11.9 Å². The van der Waals surface area contributed by atoms with Crippen LogP contribution in [-0.4, -0.2) is 48.6 Å². The van der Waals surface area contributed by atoms with Crippen molar-refractivity contribution in [1.82, 2.24) is 4.90 Å². The minimum Gasteiger partial charge on any atom is -0.466 e. The van der Waals surface area contributed by atoms with Gasteiger partial charge in [0.25, 0.3) is 0 Å². The molecular weight excluding hydrogens is 627 g/mol. The molecule has 0 radical (unpaired) electrons. The number of hydrogen-bond acceptors (Lipinski definition) is 5. The van der Waals surface area contributed by atoms with Crippen LogP contribution in [0.4, 0.5) is 0 Å². The number of allylic oxidation sites excluding steroid dienone is 8. The Morgan fingerprint density at radius 1 is 0.469 bits per heavy atom. The van der Waals surface area contributed by atoms with Crippen molar-refractivity contribution >= 4 is 29.6 Å². The molecule has 0 atom stereocenters. The second-order valence-corrected chi connectivity index (χ2v) is 13.5. The number of hydrogen-bond donors (Lipinski definition) is 0. The SMILES string of the molecule is CCCCC/C=C\C/C=C\CCCCCCCC(=O)OCCCN(C=S)CCCOC(=O)CCCCCCC/C=C\C/C=C\CCCCC. The first-order valence-electron chi connectivity index (χ1n) is 20.2. The van der Waals surface area contributed by atoms with E-state index in [0.29, 0.717) is 26.1 Å². The van der Waals surface area contributed by atoms with Crippen LogP contribution in [0.15, 0.2) is 48.6 Å². The summed E-state index contributed by atoms with van der Waals surface area (Å²) < 4.78 is 10.8. The van der Waals surface area contributed by atoms with Crippen LogP contribution in [0.5, 0.6) is 0 Å². The Kier molecular flexibility index (Phi) is 38.4. The number of carbonyl (C=O) groups excluding carboxylic acids is 2. The van der Waals surface area contributed by atoms with Crippen LogP contribution in [-0.2, 0) is 19.1 Å². The first-order chi connectivity index (χ1) is 24.1. The van der Waals surface area contributed by atoms with E-state index in [1.807, 2.05) is 4.90 Å². The molecule has 0 saturated carbocycles. The van der Waals surface area contributed by atoms with Crippen molar-refractivity contribution < 1.29 is 19.1 Å². The molecule has 0 bridgehead atoms. The van der Waals surface area contributed by atoms with Crippen LogP contribution in [0.25, 0.3) is 0 Å². The first kappa shape index (κ1) is 46.8. The number of thiocarbonyl (C=S) groups is 1. The molecule has 0 aliphatic heterocycles. The summed E-state index contributed by atoms with van der Waals surface area (Å²) in [4.78, 5) is 26.1. The van der Waals surface area contributed by atoms with Crippen molar-refractivity contribution in [3.63, 3.8) is 0 Å². The smallest absolute Gasteiger partial charge is 0.305 e. The molecule has 6 heteroatoms. The van der Waals surface area contributed by atoms with Gasteiger partial charge in [0.2, 0.25) is 0 Å². The summed E-state index contributed by atoms with van der Waals surface area (Å²) in [5.41, 5.74) is 1.65. The van der Waals surface area contributed by atoms with E-state index in [1.54, 1.807) is 5.49 Å². The minimum absolute atomic E-state index is 0.101. The Morgan fingerprint density at radius 3 is 1.18 bits per heavy atom. The monoisotopic (exact) mass is 702 g/mol. The molecule has 0 amide bonds. The van der Waals surface area contributed by atoms with E-state index in [1.165, 1.54) is 89.9 Å². The zero-order chi connectivity index (χ0) is 35.7. The molecule has 0 aromatic carbocycles. The lowest BCUT2D eigenvalue weighted by atomic mass is 10.1. The van der Waals surface area contributed by atoms with Crippen molar-refractivity contribution in [2.24, 2.45) is 0 Å². The number of nitrogens with zero attached hydrogens (tertiary/aromatic N) is 1. The zero-order valence-corrected chi connectivity index (χ0v) is 32.7. The van der Waals surface area contributed by atoms with Gasteiger partial charge in [0.05, 0.1) is 18.7 Å². The van der Waals surface area contributed by atoms with Crippen molar-refractivity contribution in [3.8, 4) is 0 Å². The molecule has 0 aliphatic carbocycles. The molecule has 282 valence electrons. The fourth-order valence-electron chi connectivity index (χ4n) is 5.43. The second-order valence-electron chi connectivity index (χ2n) is 13.3. The second kappa shape index (κ2) is 40.2. The number of unbranched alkanes of at least 4 members (excludes halogenated alkanes) is 16. The largest absolute Gasteiger partial charge is 0.466 e. The molecule has 0 fully saturated rings. The van der Waals surface area contributed by atoms with Crippen molar-refractivity contribution in [3.05, 3.63) is 48.6 Å². The summed E-state index contributed by atoms with van der Waals surface area (Å²) >= 11 is 5.15. The van der Waals surface area contributed by atoms with Gasteiger partial charge in [0.15, 0.2) is 0 Å². The summed E-state index contributed by atoms with van der Waals surface area (Å²) in [5.74, 6) is -0.203. The lowest BCUT2D eigenvalue weighted by Gasteiger charge is -2.18. The lowest BCUT2D eigenvalue weighted by molar-refractivity contribution is -0.144. The minimum atomic E-state index is -0.101. The summed E-state index contributed by atoms with van der Waals surface area (Å²) in [6.07, 6.45) is 46.6. The van der Waals surface area contributed by atoms with Gasteiger partial charge in [-0.15, -0.1) is 0 Å². The van der Waals surface area contributed by atoms with Gasteiger partial charge in [-0.05, 0) is 89.9 Å². The summed E-state index contributed by atoms with van der Waals surface area (Å²) in [7, 11) is 0. The Labute approximate surface area is 308 Å². The van der Waals surface area contributed by atoms with E-state index in [4.69, 9.17) is 21.7 Å². The number of rotatable bonds is 37. The average Bonchev–Trinajstić information content (AvgIpc) is 3.10. The highest BCUT2D eigenvalue weighted by Gasteiger charge is 2.06. The number of esters is 2. The van der Waals surface area contributed by atoms with Gasteiger partial charge in [-0.1, -0.05) is 139 Å². The number of ether oxygens (including phenoxy) is 2. The normalized spacial score (nSPS) is 11.8. The third kappa shape index (κ3) is 38.4. The van der Waals surface area contributed by atoms with E-state index < -0.39 is 0 Å². The van der Waals surface area contributed by atoms with Gasteiger partial charge in [-0.25, -0.2) is 0 Å². The maximum absolute atomic E-state index is 12.1. The first-order valence-corrected chi connectivity index (χ1v) is 20.7. The predicted octanol–water partition coefficient (Wildman–Crippen LogP) is 12.7. The highest BCUT2D eigenvalue weighted by molar-refractivity contribution is 7.78. The summed E-state index contributed by atoms with van der Waals surface area (Å²) in [6, 6.07) is 0. The van der Waals surface area contributed by atoms with E-state index in [0.717, 1.165) is 77.3 Å². The predicted molar refractivity (Wildman–Crippen MR) is 215 cm³/mol. The molecule has 0 N–H and O–H groups in total. The van der Waals surface area contributed by atoms with Gasteiger partial charge in [0, 0.05) is 25.9 Å². The molecule has 0 rings (SSSR count). The highest BCUT2D eigenvalue weighted by atomic mass is 32.1. The van der Waals surface area contributed by atoms with Gasteiger partial charge < -0.3 is 14.4 Å². The lowest BCUT2D eigenvalue weighted by Crippen LogP contribution is -2.26. The van der Waals surface area contributed by atoms with Crippen molar-refractivity contribution in [2.45, 2.75) is 181 Å². The van der Waals surface area contributed by atoms with Crippen LogP contribution >= 0.6 is 12.2 Å². The van der Waals surface area contributed by atoms with Crippen LogP contribution < -0.4 is 0 Å². The molecule has 0 aromatic heterocycles. The van der Waals surface area contributed by atoms with Crippen LogP contribution in [0, 0.1) is 0 Å². The third-order valence-corrected chi connectivity index (χ3v) is 8.82. The molecule has 0 aromatic rings. The molecule has 0 saturated heterocycles. The standard InChI is InChI=1S/C43H75NO4S/c1-3-5-7-9-11-13-15-17-19-21-23-25-27-29-31-35-42(45)47-39-33-37-44(41-49)38-34-40-48-43(46)36-32-30-28-26-24-22-20-18-16-14-12-10-8-6-4-2/h11-14,17-20,41H,3-10,15-16,21-40H2,1-2H3/b13-11-,14-12-,19-17-,20-18-. The molecule has 49 heavy (non-hydrogen) atoms. The van der Waals surface area contributed by atoms with Gasteiger partial charge in [-0.2, -0.15) is 0 Å². The molecule has 0 aliphatic rings. The fraction of sp³-hybridized carbons (Fsp3) is 0.744. The summed E-state index contributed by atoms with van der Waals surface area (Å²) in [6.45, 7) is 6.79. The van der Waals surface area contributed by atoms with Crippen molar-refractivity contribution in [2.75, 3.05) is 26.3 Å². The molecule has 0 heterocycles. The average molecular weight is 702 g/mol. The van der Waals surface area contributed by atoms with E-state index in [2.05, 4.69) is 62.5 Å².